The Morgan fingerprint density at radius 1 is 1.09 bits per heavy atom. The Kier molecular flexibility index (Phi) is 8.67. The number of nitrogens with zero attached hydrogens (tertiary/aromatic N) is 2. The third-order valence-electron chi connectivity index (χ3n) is 6.65. The summed E-state index contributed by atoms with van der Waals surface area (Å²) in [5.74, 6) is -1.10. The summed E-state index contributed by atoms with van der Waals surface area (Å²) in [5, 5.41) is 11.7. The number of aliphatic hydroxyl groups is 1. The lowest BCUT2D eigenvalue weighted by atomic mass is 9.95. The van der Waals surface area contributed by atoms with Crippen molar-refractivity contribution in [2.75, 3.05) is 37.9 Å². The Balaban J connectivity index is 1.68. The zero-order chi connectivity index (χ0) is 30.7. The van der Waals surface area contributed by atoms with Crippen LogP contribution in [0.25, 0.3) is 5.76 Å². The van der Waals surface area contributed by atoms with Gasteiger partial charge in [-0.15, -0.1) is 0 Å². The van der Waals surface area contributed by atoms with Crippen LogP contribution in [0.3, 0.4) is 0 Å². The van der Waals surface area contributed by atoms with E-state index >= 15 is 0 Å². The zero-order valence-electron chi connectivity index (χ0n) is 23.9. The molecule has 5 rings (SSSR count). The molecule has 3 heterocycles. The van der Waals surface area contributed by atoms with Crippen LogP contribution < -0.4 is 23.8 Å². The van der Waals surface area contributed by atoms with Crippen molar-refractivity contribution in [3.63, 3.8) is 0 Å². The molecule has 2 aliphatic heterocycles. The van der Waals surface area contributed by atoms with Crippen molar-refractivity contribution < 1.29 is 43.2 Å². The normalized spacial score (nSPS) is 17.1. The van der Waals surface area contributed by atoms with E-state index in [0.717, 1.165) is 11.3 Å². The van der Waals surface area contributed by atoms with Gasteiger partial charge in [0.1, 0.15) is 30.5 Å². The van der Waals surface area contributed by atoms with E-state index in [0.29, 0.717) is 60.7 Å². The second-order valence-electron chi connectivity index (χ2n) is 9.40. The lowest BCUT2D eigenvalue weighted by Crippen LogP contribution is -2.29. The molecule has 0 aliphatic carbocycles. The summed E-state index contributed by atoms with van der Waals surface area (Å²) in [6, 6.07) is 8.68. The Bertz CT molecular complexity index is 1630. The molecule has 0 saturated carbocycles. The molecule has 2 aromatic carbocycles. The predicted molar refractivity (Wildman–Crippen MR) is 158 cm³/mol. The average molecular weight is 607 g/mol. The van der Waals surface area contributed by atoms with Gasteiger partial charge in [-0.05, 0) is 56.7 Å². The summed E-state index contributed by atoms with van der Waals surface area (Å²) in [5.41, 5.74) is 0.862. The van der Waals surface area contributed by atoms with E-state index in [2.05, 4.69) is 11.6 Å². The number of ether oxygens (including phenoxy) is 5. The van der Waals surface area contributed by atoms with E-state index in [1.165, 1.54) is 11.0 Å². The molecule has 1 saturated heterocycles. The minimum atomic E-state index is -1.12. The Hall–Kier alpha value is -4.84. The second kappa shape index (κ2) is 12.6. The number of hydrogen-bond acceptors (Lipinski definition) is 11. The molecule has 1 N–H and O–H groups in total. The SMILES string of the molecule is C=CCOC(=O)c1sc(N2C(=O)C(=O)/C(=C(/O)c3ccc4c(c3)OCCO4)C2c2ccc(OCC)c(OCC)c2)nc1C. The lowest BCUT2D eigenvalue weighted by molar-refractivity contribution is -0.132. The van der Waals surface area contributed by atoms with Crippen LogP contribution in [-0.4, -0.2) is 60.8 Å². The third kappa shape index (κ3) is 5.65. The maximum Gasteiger partial charge on any atom is 0.350 e. The van der Waals surface area contributed by atoms with Crippen molar-refractivity contribution >= 4 is 39.9 Å². The lowest BCUT2D eigenvalue weighted by Gasteiger charge is -2.24. The van der Waals surface area contributed by atoms with Gasteiger partial charge in [0.05, 0.1) is 30.5 Å². The first kappa shape index (κ1) is 29.6. The van der Waals surface area contributed by atoms with Gasteiger partial charge in [0.25, 0.3) is 5.78 Å². The summed E-state index contributed by atoms with van der Waals surface area (Å²) in [4.78, 5) is 45.8. The van der Waals surface area contributed by atoms with Crippen molar-refractivity contribution in [1.82, 2.24) is 4.98 Å². The smallest absolute Gasteiger partial charge is 0.350 e. The molecular formula is C31H30N2O9S. The molecule has 224 valence electrons. The maximum atomic E-state index is 13.7. The average Bonchev–Trinajstić information content (AvgIpc) is 3.52. The number of anilines is 1. The number of fused-ring (bicyclic) bond motifs is 1. The molecule has 0 radical (unpaired) electrons. The highest BCUT2D eigenvalue weighted by atomic mass is 32.1. The van der Waals surface area contributed by atoms with Crippen LogP contribution in [0.15, 0.2) is 54.6 Å². The highest BCUT2D eigenvalue weighted by Crippen LogP contribution is 2.46. The zero-order valence-corrected chi connectivity index (χ0v) is 24.7. The van der Waals surface area contributed by atoms with Crippen LogP contribution in [0.4, 0.5) is 5.13 Å². The molecule has 1 amide bonds. The van der Waals surface area contributed by atoms with Gasteiger partial charge < -0.3 is 28.8 Å². The Morgan fingerprint density at radius 3 is 2.53 bits per heavy atom. The van der Waals surface area contributed by atoms with E-state index in [-0.39, 0.29) is 27.8 Å². The van der Waals surface area contributed by atoms with E-state index in [9.17, 15) is 19.5 Å². The number of thiazole rings is 1. The summed E-state index contributed by atoms with van der Waals surface area (Å²) in [6.45, 7) is 10.3. The van der Waals surface area contributed by atoms with Gasteiger partial charge in [-0.25, -0.2) is 9.78 Å². The molecular weight excluding hydrogens is 576 g/mol. The third-order valence-corrected chi connectivity index (χ3v) is 7.79. The molecule has 3 aromatic rings. The van der Waals surface area contributed by atoms with Gasteiger partial charge in [0.15, 0.2) is 28.1 Å². The number of amides is 1. The highest BCUT2D eigenvalue weighted by Gasteiger charge is 2.48. The number of carbonyl (C=O) groups excluding carboxylic acids is 3. The molecule has 1 unspecified atom stereocenters. The topological polar surface area (TPSA) is 134 Å². The molecule has 1 aromatic heterocycles. The van der Waals surface area contributed by atoms with Gasteiger partial charge in [-0.1, -0.05) is 30.1 Å². The van der Waals surface area contributed by atoms with Crippen molar-refractivity contribution in [1.29, 1.82) is 0 Å². The van der Waals surface area contributed by atoms with E-state index in [4.69, 9.17) is 23.7 Å². The number of aromatic nitrogens is 1. The number of ketones is 1. The number of aliphatic hydroxyl groups excluding tert-OH is 1. The molecule has 11 nitrogen and oxygen atoms in total. The van der Waals surface area contributed by atoms with Crippen LogP contribution in [0, 0.1) is 6.92 Å². The largest absolute Gasteiger partial charge is 0.507 e. The van der Waals surface area contributed by atoms with Crippen LogP contribution in [-0.2, 0) is 14.3 Å². The standard InChI is InChI=1S/C31H30N2O9S/c1-5-12-42-30(37)28-17(4)32-31(43-28)33-25(18-8-10-20(38-6-2)22(15-18)39-7-3)24(27(35)29(33)36)26(34)19-9-11-21-23(16-19)41-14-13-40-21/h5,8-11,15-16,25,34H,1,6-7,12-14H2,2-4H3/b26-24+. The minimum absolute atomic E-state index is 0.00205. The fraction of sp³-hybridized carbons (Fsp3) is 0.290. The van der Waals surface area contributed by atoms with Crippen LogP contribution in [0.5, 0.6) is 23.0 Å². The van der Waals surface area contributed by atoms with E-state index < -0.39 is 29.5 Å². The minimum Gasteiger partial charge on any atom is -0.507 e. The first-order chi connectivity index (χ1) is 20.8. The van der Waals surface area contributed by atoms with E-state index in [1.807, 2.05) is 13.8 Å². The number of Topliss-reactive ketones (excluding diaryl/α,β-unsaturated/α-hetero) is 1. The van der Waals surface area contributed by atoms with Crippen LogP contribution >= 0.6 is 11.3 Å². The highest BCUT2D eigenvalue weighted by molar-refractivity contribution is 7.17. The summed E-state index contributed by atoms with van der Waals surface area (Å²) in [7, 11) is 0. The van der Waals surface area contributed by atoms with Crippen LogP contribution in [0.2, 0.25) is 0 Å². The molecule has 2 aliphatic rings. The van der Waals surface area contributed by atoms with Gasteiger partial charge in [0.2, 0.25) is 0 Å². The van der Waals surface area contributed by atoms with Gasteiger partial charge in [0, 0.05) is 5.56 Å². The van der Waals surface area contributed by atoms with Crippen molar-refractivity contribution in [2.24, 2.45) is 0 Å². The number of hydrogen-bond donors (Lipinski definition) is 1. The number of esters is 1. The van der Waals surface area contributed by atoms with Crippen molar-refractivity contribution in [3.05, 3.63) is 76.3 Å². The number of benzene rings is 2. The first-order valence-electron chi connectivity index (χ1n) is 13.6. The van der Waals surface area contributed by atoms with Crippen molar-refractivity contribution in [2.45, 2.75) is 26.8 Å². The molecule has 0 bridgehead atoms. The fourth-order valence-corrected chi connectivity index (χ4v) is 5.79. The predicted octanol–water partition coefficient (Wildman–Crippen LogP) is 4.99. The number of aryl methyl sites for hydroxylation is 1. The Morgan fingerprint density at radius 2 is 1.81 bits per heavy atom. The first-order valence-corrected chi connectivity index (χ1v) is 14.5. The molecule has 1 atom stereocenters. The monoisotopic (exact) mass is 606 g/mol. The second-order valence-corrected chi connectivity index (χ2v) is 10.4. The van der Waals surface area contributed by atoms with Crippen LogP contribution in [0.1, 0.15) is 46.4 Å². The van der Waals surface area contributed by atoms with E-state index in [1.54, 1.807) is 43.3 Å². The fourth-order valence-electron chi connectivity index (χ4n) is 4.80. The number of carbonyl (C=O) groups is 3. The Labute approximate surface area is 251 Å². The molecule has 43 heavy (non-hydrogen) atoms. The summed E-state index contributed by atoms with van der Waals surface area (Å²) >= 11 is 0.910. The molecule has 1 fully saturated rings. The molecule has 0 spiro atoms. The van der Waals surface area contributed by atoms with Gasteiger partial charge in [-0.3, -0.25) is 14.5 Å². The van der Waals surface area contributed by atoms with Gasteiger partial charge >= 0.3 is 11.9 Å². The number of rotatable bonds is 10. The summed E-state index contributed by atoms with van der Waals surface area (Å²) < 4.78 is 27.9. The van der Waals surface area contributed by atoms with Gasteiger partial charge in [-0.2, -0.15) is 0 Å². The summed E-state index contributed by atoms with van der Waals surface area (Å²) in [6.07, 6.45) is 1.44. The maximum absolute atomic E-state index is 13.7. The van der Waals surface area contributed by atoms with Crippen molar-refractivity contribution in [3.8, 4) is 23.0 Å². The quantitative estimate of drug-likeness (QED) is 0.111. The molecule has 12 heteroatoms.